The molecular weight excluding hydrogens is 466 g/mol. The molecule has 3 N–H and O–H groups in total. The van der Waals surface area contributed by atoms with Crippen LogP contribution in [0.5, 0.6) is 0 Å². The van der Waals surface area contributed by atoms with E-state index in [-0.39, 0.29) is 18.4 Å². The van der Waals surface area contributed by atoms with Crippen molar-refractivity contribution in [3.05, 3.63) is 31.8 Å². The first-order chi connectivity index (χ1) is 10.4. The van der Waals surface area contributed by atoms with Crippen LogP contribution < -0.4 is 5.32 Å². The van der Waals surface area contributed by atoms with Crippen molar-refractivity contribution in [3.63, 3.8) is 0 Å². The van der Waals surface area contributed by atoms with Crippen LogP contribution in [0.3, 0.4) is 0 Å². The zero-order valence-corrected chi connectivity index (χ0v) is 15.4. The highest BCUT2D eigenvalue weighted by molar-refractivity contribution is 14.1. The van der Waals surface area contributed by atoms with Crippen LogP contribution in [0.1, 0.15) is 23.2 Å². The number of nitrogens with zero attached hydrogens (tertiary/aromatic N) is 1. The van der Waals surface area contributed by atoms with E-state index in [2.05, 4.69) is 43.8 Å². The number of benzene rings is 1. The van der Waals surface area contributed by atoms with Gasteiger partial charge >= 0.3 is 7.12 Å². The van der Waals surface area contributed by atoms with Crippen molar-refractivity contribution in [1.29, 1.82) is 0 Å². The molecular formula is C13H15BBrIN2O4. The maximum atomic E-state index is 12.1. The lowest BCUT2D eigenvalue weighted by Gasteiger charge is -2.24. The quantitative estimate of drug-likeness (QED) is 0.439. The number of likely N-dealkylation sites (tertiary alicyclic amines) is 1. The molecule has 0 spiro atoms. The van der Waals surface area contributed by atoms with Crippen molar-refractivity contribution in [3.8, 4) is 0 Å². The number of rotatable bonds is 4. The Morgan fingerprint density at radius 3 is 2.86 bits per heavy atom. The number of carbonyl (C=O) groups excluding carboxylic acids is 2. The Hall–Kier alpha value is -0.645. The van der Waals surface area contributed by atoms with Gasteiger partial charge < -0.3 is 20.3 Å². The summed E-state index contributed by atoms with van der Waals surface area (Å²) >= 11 is 5.46. The fourth-order valence-electron chi connectivity index (χ4n) is 2.44. The van der Waals surface area contributed by atoms with Crippen LogP contribution in [0, 0.1) is 3.57 Å². The first-order valence-electron chi connectivity index (χ1n) is 6.79. The van der Waals surface area contributed by atoms with E-state index in [9.17, 15) is 19.6 Å². The van der Waals surface area contributed by atoms with Gasteiger partial charge in [0.25, 0.3) is 5.91 Å². The summed E-state index contributed by atoms with van der Waals surface area (Å²) in [5, 5.41) is 21.1. The van der Waals surface area contributed by atoms with Gasteiger partial charge in [0.2, 0.25) is 5.91 Å². The first-order valence-corrected chi connectivity index (χ1v) is 8.67. The Kier molecular flexibility index (Phi) is 6.24. The number of halogens is 2. The SMILES string of the molecule is O=C(NCC(=O)N1CCCC1B(O)O)c1cccc(I)c1Br. The van der Waals surface area contributed by atoms with Crippen molar-refractivity contribution in [2.45, 2.75) is 18.8 Å². The average molecular weight is 481 g/mol. The normalized spacial score (nSPS) is 17.5. The zero-order valence-electron chi connectivity index (χ0n) is 11.6. The minimum Gasteiger partial charge on any atom is -0.426 e. The molecule has 1 heterocycles. The van der Waals surface area contributed by atoms with E-state index in [1.807, 2.05) is 6.07 Å². The molecule has 2 amide bonds. The molecule has 2 rings (SSSR count). The Morgan fingerprint density at radius 1 is 1.45 bits per heavy atom. The van der Waals surface area contributed by atoms with Crippen LogP contribution in [0.4, 0.5) is 0 Å². The van der Waals surface area contributed by atoms with E-state index >= 15 is 0 Å². The van der Waals surface area contributed by atoms with E-state index in [1.165, 1.54) is 4.90 Å². The van der Waals surface area contributed by atoms with Gasteiger partial charge in [-0.05, 0) is 63.5 Å². The topological polar surface area (TPSA) is 89.9 Å². The van der Waals surface area contributed by atoms with Crippen molar-refractivity contribution in [2.24, 2.45) is 0 Å². The summed E-state index contributed by atoms with van der Waals surface area (Å²) in [4.78, 5) is 25.7. The van der Waals surface area contributed by atoms with Crippen molar-refractivity contribution < 1.29 is 19.6 Å². The Morgan fingerprint density at radius 2 is 2.18 bits per heavy atom. The molecule has 1 fully saturated rings. The number of nitrogens with one attached hydrogen (secondary N) is 1. The fourth-order valence-corrected chi connectivity index (χ4v) is 3.39. The van der Waals surface area contributed by atoms with Crippen LogP contribution in [-0.2, 0) is 4.79 Å². The summed E-state index contributed by atoms with van der Waals surface area (Å²) < 4.78 is 1.59. The molecule has 9 heteroatoms. The summed E-state index contributed by atoms with van der Waals surface area (Å²) in [7, 11) is -1.55. The molecule has 0 radical (unpaired) electrons. The molecule has 22 heavy (non-hydrogen) atoms. The summed E-state index contributed by atoms with van der Waals surface area (Å²) in [6, 6.07) is 5.30. The van der Waals surface area contributed by atoms with Gasteiger partial charge in [0.05, 0.1) is 18.0 Å². The second-order valence-electron chi connectivity index (χ2n) is 4.99. The zero-order chi connectivity index (χ0) is 16.3. The van der Waals surface area contributed by atoms with Crippen LogP contribution in [-0.4, -0.2) is 52.9 Å². The molecule has 0 aromatic heterocycles. The number of hydrogen-bond donors (Lipinski definition) is 3. The Labute approximate surface area is 150 Å². The third-order valence-electron chi connectivity index (χ3n) is 3.56. The predicted octanol–water partition coefficient (Wildman–Crippen LogP) is 0.787. The third kappa shape index (κ3) is 4.00. The summed E-state index contributed by atoms with van der Waals surface area (Å²) in [5.74, 6) is -1.25. The van der Waals surface area contributed by atoms with Crippen molar-refractivity contribution >= 4 is 57.5 Å². The van der Waals surface area contributed by atoms with Crippen molar-refractivity contribution in [1.82, 2.24) is 10.2 Å². The molecule has 1 aliphatic rings. The Balaban J connectivity index is 1.96. The molecule has 0 saturated carbocycles. The predicted molar refractivity (Wildman–Crippen MR) is 94.1 cm³/mol. The van der Waals surface area contributed by atoms with Gasteiger partial charge in [0.15, 0.2) is 0 Å². The number of amides is 2. The molecule has 1 aromatic carbocycles. The highest BCUT2D eigenvalue weighted by Gasteiger charge is 2.36. The number of hydrogen-bond acceptors (Lipinski definition) is 4. The van der Waals surface area contributed by atoms with Crippen molar-refractivity contribution in [2.75, 3.05) is 13.1 Å². The maximum absolute atomic E-state index is 12.1. The fraction of sp³-hybridized carbons (Fsp3) is 0.385. The molecule has 1 aromatic rings. The monoisotopic (exact) mass is 480 g/mol. The largest absolute Gasteiger partial charge is 0.475 e. The minimum atomic E-state index is -1.55. The molecule has 0 bridgehead atoms. The Bertz CT molecular complexity index is 587. The second-order valence-corrected chi connectivity index (χ2v) is 6.95. The summed E-state index contributed by atoms with van der Waals surface area (Å²) in [6.45, 7) is 0.309. The number of carbonyl (C=O) groups is 2. The molecule has 1 atom stereocenters. The van der Waals surface area contributed by atoms with Gasteiger partial charge in [-0.1, -0.05) is 6.07 Å². The van der Waals surface area contributed by atoms with Gasteiger partial charge in [-0.3, -0.25) is 9.59 Å². The molecule has 1 aliphatic heterocycles. The van der Waals surface area contributed by atoms with Crippen LogP contribution in [0.2, 0.25) is 0 Å². The molecule has 118 valence electrons. The smallest absolute Gasteiger partial charge is 0.426 e. The summed E-state index contributed by atoms with van der Waals surface area (Å²) in [5.41, 5.74) is 0.458. The molecule has 0 aliphatic carbocycles. The standard InChI is InChI=1S/C13H15BBrIN2O4/c15-12-8(3-1-4-9(12)16)13(20)17-7-11(19)18-6-2-5-10(18)14(21)22/h1,3-4,10,21-22H,2,5-7H2,(H,17,20). The lowest BCUT2D eigenvalue weighted by atomic mass is 9.78. The second kappa shape index (κ2) is 7.76. The molecule has 1 unspecified atom stereocenters. The van der Waals surface area contributed by atoms with E-state index in [4.69, 9.17) is 0 Å². The van der Waals surface area contributed by atoms with Gasteiger partial charge in [-0.25, -0.2) is 0 Å². The van der Waals surface area contributed by atoms with E-state index < -0.39 is 13.1 Å². The lowest BCUT2D eigenvalue weighted by Crippen LogP contribution is -2.48. The summed E-state index contributed by atoms with van der Waals surface area (Å²) in [6.07, 6.45) is 1.28. The van der Waals surface area contributed by atoms with Gasteiger partial charge in [0, 0.05) is 14.6 Å². The van der Waals surface area contributed by atoms with Gasteiger partial charge in [-0.2, -0.15) is 0 Å². The highest BCUT2D eigenvalue weighted by Crippen LogP contribution is 2.23. The highest BCUT2D eigenvalue weighted by atomic mass is 127. The van der Waals surface area contributed by atoms with Crippen LogP contribution in [0.15, 0.2) is 22.7 Å². The van der Waals surface area contributed by atoms with E-state index in [0.717, 1.165) is 9.99 Å². The van der Waals surface area contributed by atoms with E-state index in [0.29, 0.717) is 23.0 Å². The first kappa shape index (κ1) is 17.7. The van der Waals surface area contributed by atoms with Gasteiger partial charge in [-0.15, -0.1) is 0 Å². The van der Waals surface area contributed by atoms with Crippen LogP contribution in [0.25, 0.3) is 0 Å². The van der Waals surface area contributed by atoms with Gasteiger partial charge in [0.1, 0.15) is 0 Å². The minimum absolute atomic E-state index is 0.167. The van der Waals surface area contributed by atoms with Crippen LogP contribution >= 0.6 is 38.5 Å². The lowest BCUT2D eigenvalue weighted by molar-refractivity contribution is -0.130. The molecule has 1 saturated heterocycles. The maximum Gasteiger partial charge on any atom is 0.475 e. The molecule has 6 nitrogen and oxygen atoms in total. The van der Waals surface area contributed by atoms with E-state index in [1.54, 1.807) is 12.1 Å². The third-order valence-corrected chi connectivity index (χ3v) is 6.05. The average Bonchev–Trinajstić information content (AvgIpc) is 2.97.